The molecule has 2 rings (SSSR count). The van der Waals surface area contributed by atoms with Crippen LogP contribution in [0.25, 0.3) is 0 Å². The van der Waals surface area contributed by atoms with Crippen LogP contribution in [-0.4, -0.2) is 29.9 Å². The molecule has 0 bridgehead atoms. The molecule has 0 radical (unpaired) electrons. The Morgan fingerprint density at radius 2 is 2.15 bits per heavy atom. The number of aryl methyl sites for hydroxylation is 1. The zero-order valence-corrected chi connectivity index (χ0v) is 11.7. The zero-order valence-electron chi connectivity index (χ0n) is 11.7. The lowest BCUT2D eigenvalue weighted by atomic mass is 10.1. The van der Waals surface area contributed by atoms with Gasteiger partial charge in [-0.3, -0.25) is 5.84 Å². The highest BCUT2D eigenvalue weighted by Gasteiger charge is 2.20. The summed E-state index contributed by atoms with van der Waals surface area (Å²) in [4.78, 5) is 4.34. The SMILES string of the molecule is COCCOc1ccccc1C(NN)c1nccn1C. The standard InChI is InChI=1S/C14H20N4O2/c1-18-8-7-16-14(18)13(17-15)11-5-3-4-6-12(11)20-10-9-19-2/h3-8,13,17H,9-10,15H2,1-2H3. The molecule has 6 nitrogen and oxygen atoms in total. The molecular formula is C14H20N4O2. The molecule has 1 heterocycles. The summed E-state index contributed by atoms with van der Waals surface area (Å²) < 4.78 is 12.7. The van der Waals surface area contributed by atoms with Gasteiger partial charge < -0.3 is 14.0 Å². The van der Waals surface area contributed by atoms with E-state index in [0.717, 1.165) is 17.1 Å². The molecule has 0 fully saturated rings. The first-order chi connectivity index (χ1) is 9.77. The number of aromatic nitrogens is 2. The van der Waals surface area contributed by atoms with E-state index in [0.29, 0.717) is 13.2 Å². The second-order valence-electron chi connectivity index (χ2n) is 4.38. The maximum atomic E-state index is 5.74. The van der Waals surface area contributed by atoms with Gasteiger partial charge in [-0.25, -0.2) is 10.4 Å². The zero-order chi connectivity index (χ0) is 14.4. The van der Waals surface area contributed by atoms with E-state index >= 15 is 0 Å². The topological polar surface area (TPSA) is 74.3 Å². The Labute approximate surface area is 118 Å². The van der Waals surface area contributed by atoms with Crippen LogP contribution in [0.5, 0.6) is 5.75 Å². The molecule has 1 atom stereocenters. The molecule has 0 aliphatic carbocycles. The fourth-order valence-corrected chi connectivity index (χ4v) is 2.04. The molecule has 1 aromatic carbocycles. The lowest BCUT2D eigenvalue weighted by Gasteiger charge is -2.19. The highest BCUT2D eigenvalue weighted by atomic mass is 16.5. The molecule has 108 valence electrons. The van der Waals surface area contributed by atoms with E-state index < -0.39 is 0 Å². The van der Waals surface area contributed by atoms with Gasteiger partial charge in [0.1, 0.15) is 24.2 Å². The van der Waals surface area contributed by atoms with Crippen LogP contribution in [0.15, 0.2) is 36.7 Å². The van der Waals surface area contributed by atoms with Crippen molar-refractivity contribution in [1.29, 1.82) is 0 Å². The minimum atomic E-state index is -0.228. The predicted octanol–water partition coefficient (Wildman–Crippen LogP) is 0.998. The van der Waals surface area contributed by atoms with E-state index in [9.17, 15) is 0 Å². The molecule has 6 heteroatoms. The van der Waals surface area contributed by atoms with Gasteiger partial charge in [-0.1, -0.05) is 18.2 Å². The number of para-hydroxylation sites is 1. The van der Waals surface area contributed by atoms with Crippen molar-refractivity contribution in [3.05, 3.63) is 48.0 Å². The van der Waals surface area contributed by atoms with Crippen LogP contribution in [0, 0.1) is 0 Å². The number of imidazole rings is 1. The van der Waals surface area contributed by atoms with Gasteiger partial charge in [0, 0.05) is 32.1 Å². The third-order valence-electron chi connectivity index (χ3n) is 3.06. The Bertz CT molecular complexity index is 541. The Hall–Kier alpha value is -1.89. The minimum absolute atomic E-state index is 0.228. The van der Waals surface area contributed by atoms with Gasteiger partial charge in [-0.15, -0.1) is 0 Å². The van der Waals surface area contributed by atoms with Crippen molar-refractivity contribution < 1.29 is 9.47 Å². The molecule has 20 heavy (non-hydrogen) atoms. The van der Waals surface area contributed by atoms with Gasteiger partial charge in [0.25, 0.3) is 0 Å². The summed E-state index contributed by atoms with van der Waals surface area (Å²) in [6.45, 7) is 1.03. The van der Waals surface area contributed by atoms with Crippen molar-refractivity contribution in [3.63, 3.8) is 0 Å². The van der Waals surface area contributed by atoms with Crippen molar-refractivity contribution in [3.8, 4) is 5.75 Å². The van der Waals surface area contributed by atoms with Crippen molar-refractivity contribution >= 4 is 0 Å². The highest BCUT2D eigenvalue weighted by molar-refractivity contribution is 5.38. The van der Waals surface area contributed by atoms with Crippen molar-refractivity contribution in [1.82, 2.24) is 15.0 Å². The Morgan fingerprint density at radius 3 is 2.80 bits per heavy atom. The number of hydrogen-bond donors (Lipinski definition) is 2. The third-order valence-corrected chi connectivity index (χ3v) is 3.06. The molecule has 2 aromatic rings. The molecule has 1 unspecified atom stereocenters. The van der Waals surface area contributed by atoms with E-state index in [1.165, 1.54) is 0 Å². The number of nitrogens with one attached hydrogen (secondary N) is 1. The van der Waals surface area contributed by atoms with Crippen LogP contribution >= 0.6 is 0 Å². The maximum absolute atomic E-state index is 5.74. The summed E-state index contributed by atoms with van der Waals surface area (Å²) in [5.74, 6) is 7.31. The summed E-state index contributed by atoms with van der Waals surface area (Å²) in [7, 11) is 3.58. The second kappa shape index (κ2) is 7.04. The fourth-order valence-electron chi connectivity index (χ4n) is 2.04. The Morgan fingerprint density at radius 1 is 1.35 bits per heavy atom. The Balaban J connectivity index is 2.28. The number of ether oxygens (including phenoxy) is 2. The van der Waals surface area contributed by atoms with E-state index in [-0.39, 0.29) is 6.04 Å². The monoisotopic (exact) mass is 276 g/mol. The first-order valence-corrected chi connectivity index (χ1v) is 6.42. The largest absolute Gasteiger partial charge is 0.491 e. The number of benzene rings is 1. The van der Waals surface area contributed by atoms with Crippen molar-refractivity contribution in [2.45, 2.75) is 6.04 Å². The molecule has 0 saturated heterocycles. The van der Waals surface area contributed by atoms with Gasteiger partial charge in [0.05, 0.1) is 6.61 Å². The first-order valence-electron chi connectivity index (χ1n) is 6.42. The van der Waals surface area contributed by atoms with E-state index in [1.54, 1.807) is 13.3 Å². The van der Waals surface area contributed by atoms with Crippen molar-refractivity contribution in [2.75, 3.05) is 20.3 Å². The summed E-state index contributed by atoms with van der Waals surface area (Å²) in [6, 6.07) is 7.54. The number of nitrogens with two attached hydrogens (primary N) is 1. The molecule has 0 amide bonds. The van der Waals surface area contributed by atoms with Crippen LogP contribution in [-0.2, 0) is 11.8 Å². The molecule has 0 aliphatic rings. The smallest absolute Gasteiger partial charge is 0.131 e. The predicted molar refractivity (Wildman–Crippen MR) is 76.2 cm³/mol. The van der Waals surface area contributed by atoms with Crippen LogP contribution in [0.3, 0.4) is 0 Å². The molecule has 1 aromatic heterocycles. The third kappa shape index (κ3) is 3.16. The normalized spacial score (nSPS) is 12.3. The van der Waals surface area contributed by atoms with Crippen molar-refractivity contribution in [2.24, 2.45) is 12.9 Å². The van der Waals surface area contributed by atoms with E-state index in [4.69, 9.17) is 15.3 Å². The number of rotatable bonds is 7. The fraction of sp³-hybridized carbons (Fsp3) is 0.357. The average Bonchev–Trinajstić information content (AvgIpc) is 2.88. The summed E-state index contributed by atoms with van der Waals surface area (Å²) in [6.07, 6.45) is 3.63. The molecule has 3 N–H and O–H groups in total. The van der Waals surface area contributed by atoms with Gasteiger partial charge in [-0.2, -0.15) is 0 Å². The summed E-state index contributed by atoms with van der Waals surface area (Å²) in [5.41, 5.74) is 3.74. The minimum Gasteiger partial charge on any atom is -0.491 e. The number of hydrazine groups is 1. The van der Waals surface area contributed by atoms with Gasteiger partial charge in [-0.05, 0) is 6.07 Å². The van der Waals surface area contributed by atoms with E-state index in [1.807, 2.05) is 42.1 Å². The average molecular weight is 276 g/mol. The van der Waals surface area contributed by atoms with Gasteiger partial charge in [0.15, 0.2) is 0 Å². The molecule has 0 saturated carbocycles. The quantitative estimate of drug-likeness (QED) is 0.448. The van der Waals surface area contributed by atoms with Crippen LogP contribution in [0.1, 0.15) is 17.4 Å². The van der Waals surface area contributed by atoms with E-state index in [2.05, 4.69) is 10.4 Å². The number of hydrogen-bond acceptors (Lipinski definition) is 5. The molecular weight excluding hydrogens is 256 g/mol. The van der Waals surface area contributed by atoms with Gasteiger partial charge in [0.2, 0.25) is 0 Å². The highest BCUT2D eigenvalue weighted by Crippen LogP contribution is 2.28. The second-order valence-corrected chi connectivity index (χ2v) is 4.38. The Kier molecular flexibility index (Phi) is 5.11. The van der Waals surface area contributed by atoms with Crippen LogP contribution in [0.2, 0.25) is 0 Å². The lowest BCUT2D eigenvalue weighted by molar-refractivity contribution is 0.145. The van der Waals surface area contributed by atoms with Gasteiger partial charge >= 0.3 is 0 Å². The summed E-state index contributed by atoms with van der Waals surface area (Å²) in [5, 5.41) is 0. The molecule has 0 aliphatic heterocycles. The van der Waals surface area contributed by atoms with Crippen LogP contribution in [0.4, 0.5) is 0 Å². The lowest BCUT2D eigenvalue weighted by Crippen LogP contribution is -2.31. The number of nitrogens with zero attached hydrogens (tertiary/aromatic N) is 2. The van der Waals surface area contributed by atoms with Crippen LogP contribution < -0.4 is 16.0 Å². The number of methoxy groups -OCH3 is 1. The maximum Gasteiger partial charge on any atom is 0.131 e. The molecule has 0 spiro atoms. The first kappa shape index (κ1) is 14.5. The summed E-state index contributed by atoms with van der Waals surface area (Å²) >= 11 is 0.